The number of nitrogens with zero attached hydrogens (tertiary/aromatic N) is 2. The van der Waals surface area contributed by atoms with E-state index in [2.05, 4.69) is 20.5 Å². The highest BCUT2D eigenvalue weighted by Crippen LogP contribution is 2.27. The number of hydrogen-bond donors (Lipinski definition) is 2. The standard InChI is InChI=1S/C16H18N4O2S/c1-3-13-18-16(20-19-13)23-9(2)15(22)11-4-6-12-10(8-11)5-7-14(21)17-12/h4,6,8-9H,3,5,7H2,1-2H3,(H,17,21)(H,18,19,20). The number of carbonyl (C=O) groups excluding carboxylic acids is 2. The molecule has 1 aromatic heterocycles. The number of Topliss-reactive ketones (excluding diaryl/α,β-unsaturated/α-hetero) is 1. The lowest BCUT2D eigenvalue weighted by atomic mass is 9.98. The summed E-state index contributed by atoms with van der Waals surface area (Å²) in [6, 6.07) is 5.45. The van der Waals surface area contributed by atoms with Crippen LogP contribution in [-0.2, 0) is 17.6 Å². The van der Waals surface area contributed by atoms with Crippen LogP contribution in [0.25, 0.3) is 0 Å². The van der Waals surface area contributed by atoms with Crippen molar-refractivity contribution in [3.05, 3.63) is 35.2 Å². The highest BCUT2D eigenvalue weighted by atomic mass is 32.2. The Bertz CT molecular complexity index is 756. The molecular weight excluding hydrogens is 312 g/mol. The first kappa shape index (κ1) is 15.7. The summed E-state index contributed by atoms with van der Waals surface area (Å²) in [6.45, 7) is 3.85. The van der Waals surface area contributed by atoms with Gasteiger partial charge in [0.05, 0.1) is 5.25 Å². The molecule has 2 aromatic rings. The molecule has 2 heterocycles. The Balaban J connectivity index is 1.73. The van der Waals surface area contributed by atoms with Gasteiger partial charge >= 0.3 is 0 Å². The lowest BCUT2D eigenvalue weighted by Crippen LogP contribution is -2.20. The molecule has 23 heavy (non-hydrogen) atoms. The Morgan fingerprint density at radius 2 is 2.22 bits per heavy atom. The smallest absolute Gasteiger partial charge is 0.224 e. The normalized spacial score (nSPS) is 15.0. The summed E-state index contributed by atoms with van der Waals surface area (Å²) in [4.78, 5) is 28.3. The van der Waals surface area contributed by atoms with Gasteiger partial charge in [0.25, 0.3) is 0 Å². The number of benzene rings is 1. The van der Waals surface area contributed by atoms with Crippen molar-refractivity contribution >= 4 is 29.1 Å². The molecule has 0 aliphatic carbocycles. The number of ketones is 1. The van der Waals surface area contributed by atoms with Crippen molar-refractivity contribution in [1.29, 1.82) is 0 Å². The number of thioether (sulfide) groups is 1. The third-order valence-electron chi connectivity index (χ3n) is 3.78. The fourth-order valence-electron chi connectivity index (χ4n) is 2.47. The number of H-pyrrole nitrogens is 1. The Hall–Kier alpha value is -2.15. The Labute approximate surface area is 138 Å². The van der Waals surface area contributed by atoms with Gasteiger partial charge in [-0.05, 0) is 37.1 Å². The number of aryl methyl sites for hydroxylation is 2. The van der Waals surface area contributed by atoms with Gasteiger partial charge in [-0.1, -0.05) is 18.7 Å². The molecule has 1 aliphatic heterocycles. The lowest BCUT2D eigenvalue weighted by molar-refractivity contribution is -0.116. The second-order valence-electron chi connectivity index (χ2n) is 5.46. The minimum absolute atomic E-state index is 0.0248. The molecule has 1 unspecified atom stereocenters. The van der Waals surface area contributed by atoms with Gasteiger partial charge in [0.1, 0.15) is 5.82 Å². The summed E-state index contributed by atoms with van der Waals surface area (Å²) in [6.07, 6.45) is 1.92. The summed E-state index contributed by atoms with van der Waals surface area (Å²) < 4.78 is 0. The first-order valence-electron chi connectivity index (χ1n) is 7.61. The number of anilines is 1. The molecule has 2 N–H and O–H groups in total. The van der Waals surface area contributed by atoms with Gasteiger partial charge in [-0.2, -0.15) is 0 Å². The maximum absolute atomic E-state index is 12.6. The summed E-state index contributed by atoms with van der Waals surface area (Å²) >= 11 is 1.35. The van der Waals surface area contributed by atoms with E-state index >= 15 is 0 Å². The maximum atomic E-state index is 12.6. The molecular formula is C16H18N4O2S. The fraction of sp³-hybridized carbons (Fsp3) is 0.375. The molecule has 1 aromatic carbocycles. The van der Waals surface area contributed by atoms with E-state index in [9.17, 15) is 9.59 Å². The fourth-order valence-corrected chi connectivity index (χ4v) is 3.29. The molecule has 0 saturated carbocycles. The van der Waals surface area contributed by atoms with Gasteiger partial charge in [0.15, 0.2) is 5.78 Å². The molecule has 1 atom stereocenters. The Kier molecular flexibility index (Phi) is 4.47. The van der Waals surface area contributed by atoms with Crippen molar-refractivity contribution in [2.45, 2.75) is 43.5 Å². The van der Waals surface area contributed by atoms with Gasteiger partial charge in [-0.3, -0.25) is 14.7 Å². The van der Waals surface area contributed by atoms with Gasteiger partial charge in [0, 0.05) is 24.1 Å². The van der Waals surface area contributed by atoms with Crippen LogP contribution in [0.15, 0.2) is 23.4 Å². The highest BCUT2D eigenvalue weighted by molar-refractivity contribution is 8.00. The molecule has 1 aliphatic rings. The molecule has 7 heteroatoms. The van der Waals surface area contributed by atoms with Crippen LogP contribution >= 0.6 is 11.8 Å². The topological polar surface area (TPSA) is 87.7 Å². The van der Waals surface area contributed by atoms with E-state index in [4.69, 9.17) is 0 Å². The molecule has 120 valence electrons. The Morgan fingerprint density at radius 1 is 1.39 bits per heavy atom. The first-order chi connectivity index (χ1) is 11.1. The quantitative estimate of drug-likeness (QED) is 0.650. The average Bonchev–Trinajstić information content (AvgIpc) is 3.01. The zero-order chi connectivity index (χ0) is 16.4. The monoisotopic (exact) mass is 330 g/mol. The van der Waals surface area contributed by atoms with Crippen molar-refractivity contribution in [3.63, 3.8) is 0 Å². The van der Waals surface area contributed by atoms with Crippen LogP contribution in [0.1, 0.15) is 42.0 Å². The van der Waals surface area contributed by atoms with Crippen molar-refractivity contribution < 1.29 is 9.59 Å². The maximum Gasteiger partial charge on any atom is 0.224 e. The summed E-state index contributed by atoms with van der Waals surface area (Å²) in [5, 5.41) is 10.1. The SMILES string of the molecule is CCc1nc(SC(C)C(=O)c2ccc3c(c2)CCC(=O)N3)n[nH]1. The van der Waals surface area contributed by atoms with E-state index < -0.39 is 0 Å². The molecule has 0 saturated heterocycles. The van der Waals surface area contributed by atoms with Gasteiger partial charge in [-0.15, -0.1) is 5.10 Å². The Morgan fingerprint density at radius 3 is 2.96 bits per heavy atom. The average molecular weight is 330 g/mol. The second-order valence-corrected chi connectivity index (χ2v) is 6.77. The third-order valence-corrected chi connectivity index (χ3v) is 4.74. The molecule has 3 rings (SSSR count). The van der Waals surface area contributed by atoms with Crippen LogP contribution in [0, 0.1) is 0 Å². The van der Waals surface area contributed by atoms with E-state index in [1.165, 1.54) is 11.8 Å². The predicted molar refractivity (Wildman–Crippen MR) is 88.8 cm³/mol. The van der Waals surface area contributed by atoms with E-state index in [1.54, 1.807) is 12.1 Å². The van der Waals surface area contributed by atoms with Gasteiger partial charge < -0.3 is 5.32 Å². The van der Waals surface area contributed by atoms with E-state index in [-0.39, 0.29) is 16.9 Å². The van der Waals surface area contributed by atoms with Crippen LogP contribution in [0.5, 0.6) is 0 Å². The van der Waals surface area contributed by atoms with Crippen LogP contribution in [0.3, 0.4) is 0 Å². The number of aromatic amines is 1. The van der Waals surface area contributed by atoms with Crippen molar-refractivity contribution in [2.24, 2.45) is 0 Å². The third kappa shape index (κ3) is 3.44. The molecule has 0 spiro atoms. The van der Waals surface area contributed by atoms with Crippen molar-refractivity contribution in [3.8, 4) is 0 Å². The number of aromatic nitrogens is 3. The number of hydrogen-bond acceptors (Lipinski definition) is 5. The molecule has 1 amide bonds. The summed E-state index contributed by atoms with van der Waals surface area (Å²) in [5.41, 5.74) is 2.48. The molecule has 6 nitrogen and oxygen atoms in total. The number of amides is 1. The number of rotatable bonds is 5. The van der Waals surface area contributed by atoms with E-state index in [0.29, 0.717) is 23.6 Å². The summed E-state index contributed by atoms with van der Waals surface area (Å²) in [5.74, 6) is 0.881. The predicted octanol–water partition coefficient (Wildman–Crippen LogP) is 2.62. The number of nitrogens with one attached hydrogen (secondary N) is 2. The minimum Gasteiger partial charge on any atom is -0.326 e. The van der Waals surface area contributed by atoms with E-state index in [0.717, 1.165) is 23.5 Å². The lowest BCUT2D eigenvalue weighted by Gasteiger charge is -2.18. The van der Waals surface area contributed by atoms with Crippen molar-refractivity contribution in [1.82, 2.24) is 15.2 Å². The minimum atomic E-state index is -0.272. The zero-order valence-corrected chi connectivity index (χ0v) is 13.9. The van der Waals surface area contributed by atoms with Crippen LogP contribution in [-0.4, -0.2) is 32.1 Å². The van der Waals surface area contributed by atoms with Gasteiger partial charge in [0.2, 0.25) is 11.1 Å². The first-order valence-corrected chi connectivity index (χ1v) is 8.49. The largest absolute Gasteiger partial charge is 0.326 e. The number of carbonyl (C=O) groups is 2. The van der Waals surface area contributed by atoms with E-state index in [1.807, 2.05) is 19.9 Å². The number of fused-ring (bicyclic) bond motifs is 1. The molecule has 0 radical (unpaired) electrons. The molecule has 0 bridgehead atoms. The van der Waals surface area contributed by atoms with Crippen LogP contribution in [0.2, 0.25) is 0 Å². The zero-order valence-electron chi connectivity index (χ0n) is 13.0. The van der Waals surface area contributed by atoms with Crippen molar-refractivity contribution in [2.75, 3.05) is 5.32 Å². The second kappa shape index (κ2) is 6.54. The summed E-state index contributed by atoms with van der Waals surface area (Å²) in [7, 11) is 0. The molecule has 0 fully saturated rings. The van der Waals surface area contributed by atoms with Gasteiger partial charge in [-0.25, -0.2) is 4.98 Å². The highest BCUT2D eigenvalue weighted by Gasteiger charge is 2.21. The van der Waals surface area contributed by atoms with Crippen LogP contribution in [0.4, 0.5) is 5.69 Å². The van der Waals surface area contributed by atoms with Crippen LogP contribution < -0.4 is 5.32 Å².